The molecule has 0 amide bonds. The maximum atomic E-state index is 10.3. The largest absolute Gasteiger partial charge is 0.467 e. The van der Waals surface area contributed by atoms with E-state index in [1.165, 1.54) is 7.11 Å². The van der Waals surface area contributed by atoms with Gasteiger partial charge in [0.2, 0.25) is 0 Å². The van der Waals surface area contributed by atoms with E-state index >= 15 is 0 Å². The molecule has 1 unspecified atom stereocenters. The molecule has 9 heavy (non-hydrogen) atoms. The Morgan fingerprint density at radius 1 is 2.00 bits per heavy atom. The van der Waals surface area contributed by atoms with Crippen molar-refractivity contribution in [3.8, 4) is 0 Å². The minimum absolute atomic E-state index is 0.00573. The highest BCUT2D eigenvalue weighted by Crippen LogP contribution is 1.84. The number of aliphatic hydroxyl groups is 1. The van der Waals surface area contributed by atoms with E-state index < -0.39 is 12.1 Å². The summed E-state index contributed by atoms with van der Waals surface area (Å²) < 4.78 is 4.18. The maximum Gasteiger partial charge on any atom is 0.336 e. The molecule has 0 spiro atoms. The first-order valence-electron chi connectivity index (χ1n) is 2.31. The lowest BCUT2D eigenvalue weighted by Gasteiger charge is -2.04. The molecule has 4 nitrogen and oxygen atoms in total. The van der Waals surface area contributed by atoms with E-state index in [1.54, 1.807) is 0 Å². The summed E-state index contributed by atoms with van der Waals surface area (Å²) >= 11 is 4.98. The first kappa shape index (κ1) is 8.68. The third kappa shape index (κ3) is 3.29. The van der Waals surface area contributed by atoms with Gasteiger partial charge in [-0.05, 0) is 11.8 Å². The molecule has 0 saturated heterocycles. The molecule has 0 saturated carbocycles. The summed E-state index contributed by atoms with van der Waals surface area (Å²) in [5, 5.41) is 8.70. The molecule has 0 aromatic heterocycles. The molecule has 2 N–H and O–H groups in total. The highest BCUT2D eigenvalue weighted by molar-refractivity contribution is 6.13. The molecule has 0 aromatic carbocycles. The zero-order chi connectivity index (χ0) is 7.28. The number of esters is 1. The predicted molar refractivity (Wildman–Crippen MR) is 31.9 cm³/mol. The molecular formula is C4H8ClNO3. The van der Waals surface area contributed by atoms with Gasteiger partial charge in [0.15, 0.2) is 6.10 Å². The fourth-order valence-electron chi connectivity index (χ4n) is 0.292. The zero-order valence-corrected chi connectivity index (χ0v) is 5.68. The van der Waals surface area contributed by atoms with Gasteiger partial charge in [0, 0.05) is 6.54 Å². The van der Waals surface area contributed by atoms with Gasteiger partial charge in [-0.15, -0.1) is 0 Å². The van der Waals surface area contributed by atoms with E-state index in [4.69, 9.17) is 16.9 Å². The smallest absolute Gasteiger partial charge is 0.336 e. The Labute approximate surface area is 57.9 Å². The van der Waals surface area contributed by atoms with Gasteiger partial charge in [-0.3, -0.25) is 0 Å². The van der Waals surface area contributed by atoms with Crippen molar-refractivity contribution in [1.29, 1.82) is 0 Å². The van der Waals surface area contributed by atoms with Crippen LogP contribution in [0.4, 0.5) is 0 Å². The van der Waals surface area contributed by atoms with Crippen LogP contribution in [0.5, 0.6) is 0 Å². The van der Waals surface area contributed by atoms with Gasteiger partial charge in [-0.2, -0.15) is 0 Å². The normalized spacial score (nSPS) is 12.8. The summed E-state index contributed by atoms with van der Waals surface area (Å²) in [7, 11) is 1.19. The third-order valence-corrected chi connectivity index (χ3v) is 0.898. The van der Waals surface area contributed by atoms with Gasteiger partial charge in [-0.1, -0.05) is 0 Å². The van der Waals surface area contributed by atoms with Crippen LogP contribution in [0.2, 0.25) is 0 Å². The van der Waals surface area contributed by atoms with Crippen LogP contribution in [0, 0.1) is 0 Å². The van der Waals surface area contributed by atoms with Gasteiger partial charge < -0.3 is 9.84 Å². The molecule has 0 heterocycles. The summed E-state index contributed by atoms with van der Waals surface area (Å²) in [5.41, 5.74) is 0. The van der Waals surface area contributed by atoms with Gasteiger partial charge in [0.25, 0.3) is 0 Å². The van der Waals surface area contributed by atoms with E-state index in [0.29, 0.717) is 0 Å². The van der Waals surface area contributed by atoms with Crippen LogP contribution in [0.3, 0.4) is 0 Å². The Morgan fingerprint density at radius 3 is 2.89 bits per heavy atom. The number of hydrogen-bond donors (Lipinski definition) is 2. The van der Waals surface area contributed by atoms with Crippen molar-refractivity contribution in [3.05, 3.63) is 0 Å². The van der Waals surface area contributed by atoms with Crippen LogP contribution in [-0.2, 0) is 9.53 Å². The van der Waals surface area contributed by atoms with Crippen molar-refractivity contribution < 1.29 is 14.6 Å². The Morgan fingerprint density at radius 2 is 2.56 bits per heavy atom. The highest BCUT2D eigenvalue weighted by atomic mass is 35.5. The average molecular weight is 154 g/mol. The number of halogens is 1. The quantitative estimate of drug-likeness (QED) is 0.414. The molecule has 0 rings (SSSR count). The SMILES string of the molecule is COC(=O)C(O)CNCl. The van der Waals surface area contributed by atoms with Crippen LogP contribution < -0.4 is 4.84 Å². The molecule has 1 atom stereocenters. The van der Waals surface area contributed by atoms with Crippen LogP contribution in [0.25, 0.3) is 0 Å². The van der Waals surface area contributed by atoms with Crippen LogP contribution in [0.1, 0.15) is 0 Å². The number of aliphatic hydroxyl groups excluding tert-OH is 1. The van der Waals surface area contributed by atoms with Gasteiger partial charge in [-0.25, -0.2) is 9.63 Å². The van der Waals surface area contributed by atoms with Crippen LogP contribution in [0.15, 0.2) is 0 Å². The molecule has 5 heteroatoms. The van der Waals surface area contributed by atoms with Crippen molar-refractivity contribution in [1.82, 2.24) is 4.84 Å². The molecule has 0 aliphatic rings. The highest BCUT2D eigenvalue weighted by Gasteiger charge is 2.13. The van der Waals surface area contributed by atoms with Crippen LogP contribution in [-0.4, -0.2) is 30.8 Å². The van der Waals surface area contributed by atoms with Crippen molar-refractivity contribution in [3.63, 3.8) is 0 Å². The Hall–Kier alpha value is -0.320. The molecule has 54 valence electrons. The lowest BCUT2D eigenvalue weighted by atomic mass is 10.4. The second-order valence-corrected chi connectivity index (χ2v) is 1.64. The minimum atomic E-state index is -1.17. The van der Waals surface area contributed by atoms with E-state index in [2.05, 4.69) is 9.57 Å². The number of ether oxygens (including phenoxy) is 1. The molecule has 0 fully saturated rings. The Balaban J connectivity index is 3.45. The van der Waals surface area contributed by atoms with Crippen LogP contribution >= 0.6 is 11.8 Å². The molecule has 0 radical (unpaired) electrons. The lowest BCUT2D eigenvalue weighted by Crippen LogP contribution is -2.30. The van der Waals surface area contributed by atoms with E-state index in [0.717, 1.165) is 0 Å². The standard InChI is InChI=1S/C4H8ClNO3/c1-9-4(8)3(7)2-6-5/h3,6-7H,2H2,1H3. The van der Waals surface area contributed by atoms with E-state index in [9.17, 15) is 4.79 Å². The summed E-state index contributed by atoms with van der Waals surface area (Å²) in [6.45, 7) is -0.00573. The summed E-state index contributed by atoms with van der Waals surface area (Å²) in [6.07, 6.45) is -1.17. The van der Waals surface area contributed by atoms with Gasteiger partial charge >= 0.3 is 5.97 Å². The molecule has 0 aliphatic carbocycles. The monoisotopic (exact) mass is 153 g/mol. The van der Waals surface area contributed by atoms with E-state index in [-0.39, 0.29) is 6.54 Å². The van der Waals surface area contributed by atoms with Gasteiger partial charge in [0.05, 0.1) is 7.11 Å². The summed E-state index contributed by atoms with van der Waals surface area (Å²) in [5.74, 6) is -0.692. The number of methoxy groups -OCH3 is 1. The summed E-state index contributed by atoms with van der Waals surface area (Å²) in [6, 6.07) is 0. The van der Waals surface area contributed by atoms with Gasteiger partial charge in [0.1, 0.15) is 0 Å². The Bertz CT molecular complexity index is 97.8. The number of carbonyl (C=O) groups is 1. The minimum Gasteiger partial charge on any atom is -0.467 e. The molecule has 0 aliphatic heterocycles. The first-order valence-corrected chi connectivity index (χ1v) is 2.69. The molecule has 0 bridgehead atoms. The van der Waals surface area contributed by atoms with Crippen molar-refractivity contribution in [2.45, 2.75) is 6.10 Å². The molecular weight excluding hydrogens is 146 g/mol. The zero-order valence-electron chi connectivity index (χ0n) is 4.93. The van der Waals surface area contributed by atoms with Crippen molar-refractivity contribution in [2.75, 3.05) is 13.7 Å². The maximum absolute atomic E-state index is 10.3. The number of carbonyl (C=O) groups excluding carboxylic acids is 1. The number of nitrogens with one attached hydrogen (secondary N) is 1. The summed E-state index contributed by atoms with van der Waals surface area (Å²) in [4.78, 5) is 12.4. The fraction of sp³-hybridized carbons (Fsp3) is 0.750. The average Bonchev–Trinajstić information content (AvgIpc) is 1.87. The fourth-order valence-corrected chi connectivity index (χ4v) is 0.439. The lowest BCUT2D eigenvalue weighted by molar-refractivity contribution is -0.149. The first-order chi connectivity index (χ1) is 4.22. The van der Waals surface area contributed by atoms with Crippen molar-refractivity contribution in [2.24, 2.45) is 0 Å². The topological polar surface area (TPSA) is 58.6 Å². The van der Waals surface area contributed by atoms with Crippen molar-refractivity contribution >= 4 is 17.7 Å². The van der Waals surface area contributed by atoms with E-state index in [1.807, 2.05) is 0 Å². The predicted octanol–water partition coefficient (Wildman–Crippen LogP) is -0.736. The Kier molecular flexibility index (Phi) is 4.39. The third-order valence-electron chi connectivity index (χ3n) is 0.744. The second-order valence-electron chi connectivity index (χ2n) is 1.38. The second kappa shape index (κ2) is 4.55. The number of rotatable bonds is 3. The number of hydrogen-bond acceptors (Lipinski definition) is 4. The molecule has 0 aromatic rings.